The molecule has 0 saturated heterocycles. The Morgan fingerprint density at radius 3 is 2.79 bits per heavy atom. The molecule has 0 aliphatic rings. The summed E-state index contributed by atoms with van der Waals surface area (Å²) in [7, 11) is 0. The standard InChI is InChI=1S/C11H9ClO2/c1-7-5-8(12)6-9(11(7)13)10-3-2-4-14-10/h2-6,13H,1H3. The molecule has 0 unspecified atom stereocenters. The molecule has 14 heavy (non-hydrogen) atoms. The first-order valence-corrected chi connectivity index (χ1v) is 4.59. The van der Waals surface area contributed by atoms with E-state index in [9.17, 15) is 5.11 Å². The first-order valence-electron chi connectivity index (χ1n) is 4.21. The van der Waals surface area contributed by atoms with Crippen LogP contribution in [0.15, 0.2) is 34.9 Å². The van der Waals surface area contributed by atoms with Gasteiger partial charge in [0.15, 0.2) is 0 Å². The lowest BCUT2D eigenvalue weighted by Crippen LogP contribution is -1.81. The summed E-state index contributed by atoms with van der Waals surface area (Å²) in [5.74, 6) is 0.831. The highest BCUT2D eigenvalue weighted by atomic mass is 35.5. The minimum Gasteiger partial charge on any atom is -0.507 e. The van der Waals surface area contributed by atoms with Crippen molar-refractivity contribution < 1.29 is 9.52 Å². The summed E-state index contributed by atoms with van der Waals surface area (Å²) in [4.78, 5) is 0. The number of hydrogen-bond acceptors (Lipinski definition) is 2. The minimum atomic E-state index is 0.212. The van der Waals surface area contributed by atoms with Gasteiger partial charge in [0.25, 0.3) is 0 Å². The van der Waals surface area contributed by atoms with Gasteiger partial charge >= 0.3 is 0 Å². The number of furan rings is 1. The van der Waals surface area contributed by atoms with Crippen molar-refractivity contribution in [3.63, 3.8) is 0 Å². The van der Waals surface area contributed by atoms with Crippen molar-refractivity contribution >= 4 is 11.6 Å². The van der Waals surface area contributed by atoms with E-state index in [2.05, 4.69) is 0 Å². The molecular weight excluding hydrogens is 200 g/mol. The van der Waals surface area contributed by atoms with Crippen LogP contribution in [0.3, 0.4) is 0 Å². The number of benzene rings is 1. The average Bonchev–Trinajstić information content (AvgIpc) is 2.63. The molecule has 0 radical (unpaired) electrons. The van der Waals surface area contributed by atoms with Crippen LogP contribution in [0, 0.1) is 6.92 Å². The van der Waals surface area contributed by atoms with E-state index in [0.29, 0.717) is 16.3 Å². The second-order valence-electron chi connectivity index (χ2n) is 3.10. The Hall–Kier alpha value is -1.41. The smallest absolute Gasteiger partial charge is 0.137 e. The van der Waals surface area contributed by atoms with Crippen LogP contribution in [-0.4, -0.2) is 5.11 Å². The van der Waals surface area contributed by atoms with Gasteiger partial charge in [0.1, 0.15) is 11.5 Å². The molecule has 2 rings (SSSR count). The highest BCUT2D eigenvalue weighted by Crippen LogP contribution is 2.34. The summed E-state index contributed by atoms with van der Waals surface area (Å²) in [6.45, 7) is 1.80. The van der Waals surface area contributed by atoms with Gasteiger partial charge in [0, 0.05) is 5.02 Å². The molecule has 1 aromatic heterocycles. The molecule has 0 bridgehead atoms. The quantitative estimate of drug-likeness (QED) is 0.777. The second-order valence-corrected chi connectivity index (χ2v) is 3.53. The Morgan fingerprint density at radius 2 is 2.14 bits per heavy atom. The van der Waals surface area contributed by atoms with Gasteiger partial charge in [0.05, 0.1) is 11.8 Å². The van der Waals surface area contributed by atoms with Crippen LogP contribution in [0.25, 0.3) is 11.3 Å². The van der Waals surface area contributed by atoms with Gasteiger partial charge in [-0.2, -0.15) is 0 Å². The number of phenolic OH excluding ortho intramolecular Hbond substituents is 1. The summed E-state index contributed by atoms with van der Waals surface area (Å²) in [6, 6.07) is 6.95. The minimum absolute atomic E-state index is 0.212. The number of aryl methyl sites for hydroxylation is 1. The van der Waals surface area contributed by atoms with Crippen LogP contribution in [-0.2, 0) is 0 Å². The molecule has 2 aromatic rings. The molecular formula is C11H9ClO2. The van der Waals surface area contributed by atoms with E-state index in [0.717, 1.165) is 5.56 Å². The van der Waals surface area contributed by atoms with Crippen molar-refractivity contribution in [3.8, 4) is 17.1 Å². The second kappa shape index (κ2) is 3.39. The van der Waals surface area contributed by atoms with Gasteiger partial charge in [-0.05, 0) is 36.8 Å². The molecule has 0 amide bonds. The van der Waals surface area contributed by atoms with Crippen molar-refractivity contribution in [3.05, 3.63) is 41.1 Å². The fourth-order valence-electron chi connectivity index (χ4n) is 1.36. The molecule has 0 aliphatic heterocycles. The first-order chi connectivity index (χ1) is 6.68. The fourth-order valence-corrected chi connectivity index (χ4v) is 1.63. The number of rotatable bonds is 1. The molecule has 1 heterocycles. The molecule has 0 aliphatic carbocycles. The third-order valence-corrected chi connectivity index (χ3v) is 2.27. The molecule has 0 atom stereocenters. The summed E-state index contributed by atoms with van der Waals surface area (Å²) in [6.07, 6.45) is 1.56. The number of hydrogen-bond donors (Lipinski definition) is 1. The Kier molecular flexibility index (Phi) is 2.22. The maximum absolute atomic E-state index is 9.78. The van der Waals surface area contributed by atoms with E-state index in [1.807, 2.05) is 0 Å². The van der Waals surface area contributed by atoms with E-state index >= 15 is 0 Å². The largest absolute Gasteiger partial charge is 0.507 e. The number of phenols is 1. The van der Waals surface area contributed by atoms with Gasteiger partial charge < -0.3 is 9.52 Å². The van der Waals surface area contributed by atoms with Crippen LogP contribution in [0.1, 0.15) is 5.56 Å². The predicted octanol–water partition coefficient (Wildman–Crippen LogP) is 3.61. The average molecular weight is 209 g/mol. The Labute approximate surface area is 86.7 Å². The zero-order chi connectivity index (χ0) is 10.1. The van der Waals surface area contributed by atoms with E-state index in [1.54, 1.807) is 37.5 Å². The molecule has 72 valence electrons. The molecule has 0 saturated carbocycles. The normalized spacial score (nSPS) is 10.4. The Bertz CT molecular complexity index is 447. The van der Waals surface area contributed by atoms with Crippen LogP contribution < -0.4 is 0 Å². The van der Waals surface area contributed by atoms with E-state index in [1.165, 1.54) is 0 Å². The maximum Gasteiger partial charge on any atom is 0.137 e. The lowest BCUT2D eigenvalue weighted by atomic mass is 10.1. The Morgan fingerprint density at radius 1 is 1.36 bits per heavy atom. The third-order valence-electron chi connectivity index (χ3n) is 2.05. The highest BCUT2D eigenvalue weighted by molar-refractivity contribution is 6.31. The van der Waals surface area contributed by atoms with Crippen molar-refractivity contribution in [2.24, 2.45) is 0 Å². The lowest BCUT2D eigenvalue weighted by Gasteiger charge is -2.05. The van der Waals surface area contributed by atoms with Gasteiger partial charge in [0.2, 0.25) is 0 Å². The molecule has 0 fully saturated rings. The van der Waals surface area contributed by atoms with Crippen LogP contribution >= 0.6 is 11.6 Å². The van der Waals surface area contributed by atoms with Crippen molar-refractivity contribution in [1.82, 2.24) is 0 Å². The predicted molar refractivity (Wildman–Crippen MR) is 55.6 cm³/mol. The van der Waals surface area contributed by atoms with Crippen LogP contribution in [0.5, 0.6) is 5.75 Å². The van der Waals surface area contributed by atoms with Crippen LogP contribution in [0.4, 0.5) is 0 Å². The van der Waals surface area contributed by atoms with E-state index < -0.39 is 0 Å². The summed E-state index contributed by atoms with van der Waals surface area (Å²) in [5.41, 5.74) is 1.36. The van der Waals surface area contributed by atoms with Crippen molar-refractivity contribution in [1.29, 1.82) is 0 Å². The molecule has 2 nitrogen and oxygen atoms in total. The van der Waals surface area contributed by atoms with Gasteiger partial charge in [-0.3, -0.25) is 0 Å². The van der Waals surface area contributed by atoms with E-state index in [-0.39, 0.29) is 5.75 Å². The van der Waals surface area contributed by atoms with Gasteiger partial charge in [-0.25, -0.2) is 0 Å². The zero-order valence-corrected chi connectivity index (χ0v) is 8.38. The summed E-state index contributed by atoms with van der Waals surface area (Å²) >= 11 is 5.89. The van der Waals surface area contributed by atoms with Gasteiger partial charge in [-0.1, -0.05) is 11.6 Å². The first kappa shape index (κ1) is 9.16. The number of aromatic hydroxyl groups is 1. The molecule has 1 aromatic carbocycles. The van der Waals surface area contributed by atoms with Gasteiger partial charge in [-0.15, -0.1) is 0 Å². The maximum atomic E-state index is 9.78. The third kappa shape index (κ3) is 1.49. The molecule has 3 heteroatoms. The monoisotopic (exact) mass is 208 g/mol. The zero-order valence-electron chi connectivity index (χ0n) is 7.62. The topological polar surface area (TPSA) is 33.4 Å². The lowest BCUT2D eigenvalue weighted by molar-refractivity contribution is 0.469. The van der Waals surface area contributed by atoms with Crippen molar-refractivity contribution in [2.75, 3.05) is 0 Å². The van der Waals surface area contributed by atoms with E-state index in [4.69, 9.17) is 16.0 Å². The van der Waals surface area contributed by atoms with Crippen molar-refractivity contribution in [2.45, 2.75) is 6.92 Å². The van der Waals surface area contributed by atoms with Crippen LogP contribution in [0.2, 0.25) is 5.02 Å². The summed E-state index contributed by atoms with van der Waals surface area (Å²) in [5, 5.41) is 10.4. The molecule has 1 N–H and O–H groups in total. The summed E-state index contributed by atoms with van der Waals surface area (Å²) < 4.78 is 5.19. The molecule has 0 spiro atoms. The number of halogens is 1. The fraction of sp³-hybridized carbons (Fsp3) is 0.0909. The Balaban J connectivity index is 2.64. The highest BCUT2D eigenvalue weighted by Gasteiger charge is 2.10. The SMILES string of the molecule is Cc1cc(Cl)cc(-c2ccco2)c1O.